The molecule has 1 saturated heterocycles. The van der Waals surface area contributed by atoms with Crippen molar-refractivity contribution < 1.29 is 9.84 Å². The number of aliphatic hydroxyl groups is 1. The normalized spacial score (nSPS) is 56.2. The number of fused-ring (bicyclic) bond motifs is 1. The van der Waals surface area contributed by atoms with Crippen molar-refractivity contribution in [2.24, 2.45) is 5.41 Å². The van der Waals surface area contributed by atoms with Crippen LogP contribution in [0.2, 0.25) is 0 Å². The highest BCUT2D eigenvalue weighted by molar-refractivity contribution is 5.21. The van der Waals surface area contributed by atoms with Crippen LogP contribution < -0.4 is 0 Å². The van der Waals surface area contributed by atoms with Crippen LogP contribution in [-0.4, -0.2) is 22.4 Å². The van der Waals surface area contributed by atoms with Crippen molar-refractivity contribution in [3.8, 4) is 0 Å². The Kier molecular flexibility index (Phi) is 1.33. The van der Waals surface area contributed by atoms with Crippen LogP contribution in [0.15, 0.2) is 0 Å². The lowest BCUT2D eigenvalue weighted by atomic mass is 9.64. The summed E-state index contributed by atoms with van der Waals surface area (Å²) in [6, 6.07) is 0. The molecule has 0 aromatic carbocycles. The van der Waals surface area contributed by atoms with Crippen LogP contribution in [0.5, 0.6) is 0 Å². The molecule has 0 aromatic heterocycles. The fraction of sp³-hybridized carbons (Fsp3) is 1.00. The molecule has 2 aliphatic rings. The van der Waals surface area contributed by atoms with Crippen LogP contribution in [-0.2, 0) is 4.74 Å². The second-order valence-electron chi connectivity index (χ2n) is 5.31. The number of epoxide rings is 1. The molecule has 2 fully saturated rings. The molecule has 0 amide bonds. The topological polar surface area (TPSA) is 32.8 Å². The lowest BCUT2D eigenvalue weighted by molar-refractivity contribution is 0.0421. The molecule has 1 heterocycles. The highest BCUT2D eigenvalue weighted by Gasteiger charge is 2.72. The van der Waals surface area contributed by atoms with Gasteiger partial charge in [0.2, 0.25) is 0 Å². The van der Waals surface area contributed by atoms with Crippen molar-refractivity contribution in [2.45, 2.75) is 57.8 Å². The van der Waals surface area contributed by atoms with Crippen LogP contribution in [0.3, 0.4) is 0 Å². The Hall–Kier alpha value is -0.0800. The monoisotopic (exact) mass is 170 g/mol. The van der Waals surface area contributed by atoms with Crippen LogP contribution in [0.1, 0.15) is 40.5 Å². The third-order valence-corrected chi connectivity index (χ3v) is 4.06. The molecular formula is C10H18O2. The van der Waals surface area contributed by atoms with Gasteiger partial charge in [0.05, 0.1) is 11.7 Å². The smallest absolute Gasteiger partial charge is 0.100 e. The SMILES string of the molecule is CC1(C)C[C@@H](O)C[C@@]2(C)O[C@@]12C. The average molecular weight is 170 g/mol. The van der Waals surface area contributed by atoms with Gasteiger partial charge in [-0.3, -0.25) is 0 Å². The average Bonchev–Trinajstić information content (AvgIpc) is 2.32. The maximum absolute atomic E-state index is 9.64. The number of hydrogen-bond donors (Lipinski definition) is 1. The second kappa shape index (κ2) is 1.88. The summed E-state index contributed by atoms with van der Waals surface area (Å²) in [6.07, 6.45) is 1.48. The lowest BCUT2D eigenvalue weighted by Crippen LogP contribution is -2.45. The molecular weight excluding hydrogens is 152 g/mol. The van der Waals surface area contributed by atoms with E-state index >= 15 is 0 Å². The molecule has 70 valence electrons. The zero-order valence-corrected chi connectivity index (χ0v) is 8.35. The molecule has 1 aliphatic carbocycles. The summed E-state index contributed by atoms with van der Waals surface area (Å²) in [5.41, 5.74) is 0.0484. The predicted octanol–water partition coefficient (Wildman–Crippen LogP) is 1.71. The van der Waals surface area contributed by atoms with Gasteiger partial charge in [0, 0.05) is 6.42 Å². The molecule has 1 saturated carbocycles. The van der Waals surface area contributed by atoms with Gasteiger partial charge in [0.15, 0.2) is 0 Å². The summed E-state index contributed by atoms with van der Waals surface area (Å²) < 4.78 is 5.78. The van der Waals surface area contributed by atoms with Crippen LogP contribution in [0.4, 0.5) is 0 Å². The summed E-state index contributed by atoms with van der Waals surface area (Å²) in [5, 5.41) is 9.64. The highest BCUT2D eigenvalue weighted by Crippen LogP contribution is 2.64. The molecule has 2 heteroatoms. The Morgan fingerprint density at radius 3 is 2.25 bits per heavy atom. The molecule has 2 rings (SSSR count). The molecule has 0 aromatic rings. The van der Waals surface area contributed by atoms with E-state index in [4.69, 9.17) is 4.74 Å². The minimum absolute atomic E-state index is 0.000764. The van der Waals surface area contributed by atoms with E-state index < -0.39 is 0 Å². The highest BCUT2D eigenvalue weighted by atomic mass is 16.6. The molecule has 0 spiro atoms. The minimum atomic E-state index is -0.180. The summed E-state index contributed by atoms with van der Waals surface area (Å²) in [6.45, 7) is 8.64. The van der Waals surface area contributed by atoms with E-state index in [1.165, 1.54) is 0 Å². The number of aliphatic hydroxyl groups excluding tert-OH is 1. The van der Waals surface area contributed by atoms with Gasteiger partial charge in [-0.1, -0.05) is 13.8 Å². The molecule has 0 unspecified atom stereocenters. The summed E-state index contributed by atoms with van der Waals surface area (Å²) in [4.78, 5) is 0. The Labute approximate surface area is 73.9 Å². The van der Waals surface area contributed by atoms with Crippen molar-refractivity contribution in [2.75, 3.05) is 0 Å². The Balaban J connectivity index is 2.30. The van der Waals surface area contributed by atoms with Gasteiger partial charge in [-0.25, -0.2) is 0 Å². The maximum atomic E-state index is 9.64. The van der Waals surface area contributed by atoms with E-state index in [9.17, 15) is 5.11 Å². The van der Waals surface area contributed by atoms with E-state index in [2.05, 4.69) is 27.7 Å². The first-order valence-electron chi connectivity index (χ1n) is 4.69. The van der Waals surface area contributed by atoms with E-state index in [1.807, 2.05) is 0 Å². The maximum Gasteiger partial charge on any atom is 0.100 e. The quantitative estimate of drug-likeness (QED) is 0.561. The first-order chi connectivity index (χ1) is 5.31. The van der Waals surface area contributed by atoms with Crippen molar-refractivity contribution in [1.82, 2.24) is 0 Å². The van der Waals surface area contributed by atoms with Crippen molar-refractivity contribution in [3.63, 3.8) is 0 Å². The summed E-state index contributed by atoms with van der Waals surface area (Å²) in [7, 11) is 0. The summed E-state index contributed by atoms with van der Waals surface area (Å²) >= 11 is 0. The van der Waals surface area contributed by atoms with Crippen LogP contribution in [0.25, 0.3) is 0 Å². The van der Waals surface area contributed by atoms with Crippen molar-refractivity contribution >= 4 is 0 Å². The molecule has 1 N–H and O–H groups in total. The number of hydrogen-bond acceptors (Lipinski definition) is 2. The third kappa shape index (κ3) is 0.775. The van der Waals surface area contributed by atoms with Gasteiger partial charge in [0.25, 0.3) is 0 Å². The molecule has 12 heavy (non-hydrogen) atoms. The molecule has 1 aliphatic heterocycles. The van der Waals surface area contributed by atoms with E-state index in [-0.39, 0.29) is 22.7 Å². The van der Waals surface area contributed by atoms with E-state index in [0.717, 1.165) is 12.8 Å². The number of rotatable bonds is 0. The third-order valence-electron chi connectivity index (χ3n) is 4.06. The van der Waals surface area contributed by atoms with Crippen molar-refractivity contribution in [3.05, 3.63) is 0 Å². The van der Waals surface area contributed by atoms with Gasteiger partial charge in [-0.15, -0.1) is 0 Å². The van der Waals surface area contributed by atoms with Gasteiger partial charge in [-0.2, -0.15) is 0 Å². The molecule has 0 bridgehead atoms. The lowest BCUT2D eigenvalue weighted by Gasteiger charge is -2.38. The van der Waals surface area contributed by atoms with Crippen molar-refractivity contribution in [1.29, 1.82) is 0 Å². The molecule has 0 radical (unpaired) electrons. The Morgan fingerprint density at radius 1 is 1.17 bits per heavy atom. The molecule has 2 nitrogen and oxygen atoms in total. The Morgan fingerprint density at radius 2 is 1.75 bits per heavy atom. The first kappa shape index (κ1) is 8.52. The second-order valence-corrected chi connectivity index (χ2v) is 5.31. The zero-order valence-electron chi connectivity index (χ0n) is 8.35. The zero-order chi connectivity index (χ0) is 9.20. The minimum Gasteiger partial charge on any atom is -0.393 e. The van der Waals surface area contributed by atoms with Crippen LogP contribution in [0, 0.1) is 5.41 Å². The Bertz CT molecular complexity index is 224. The predicted molar refractivity (Wildman–Crippen MR) is 46.9 cm³/mol. The van der Waals surface area contributed by atoms with Gasteiger partial charge < -0.3 is 9.84 Å². The van der Waals surface area contributed by atoms with E-state index in [1.54, 1.807) is 0 Å². The first-order valence-corrected chi connectivity index (χ1v) is 4.69. The molecule has 3 atom stereocenters. The summed E-state index contributed by atoms with van der Waals surface area (Å²) in [5.74, 6) is 0. The van der Waals surface area contributed by atoms with E-state index in [0.29, 0.717) is 0 Å². The van der Waals surface area contributed by atoms with Gasteiger partial charge in [-0.05, 0) is 25.7 Å². The van der Waals surface area contributed by atoms with Crippen LogP contribution >= 0.6 is 0 Å². The standard InChI is InChI=1S/C10H18O2/c1-8(2)5-7(11)6-9(3)10(8,4)12-9/h7,11H,5-6H2,1-4H3/t7-,9-,10+/m1/s1. The van der Waals surface area contributed by atoms with Gasteiger partial charge >= 0.3 is 0 Å². The van der Waals surface area contributed by atoms with Gasteiger partial charge in [0.1, 0.15) is 5.60 Å². The largest absolute Gasteiger partial charge is 0.393 e. The fourth-order valence-corrected chi connectivity index (χ4v) is 2.82. The number of ether oxygens (including phenoxy) is 1. The fourth-order valence-electron chi connectivity index (χ4n) is 2.82.